The summed E-state index contributed by atoms with van der Waals surface area (Å²) in [5.41, 5.74) is 6.25. The first kappa shape index (κ1) is 13.3. The van der Waals surface area contributed by atoms with Gasteiger partial charge in [-0.25, -0.2) is 4.98 Å². The normalized spacial score (nSPS) is 11.0. The first-order valence-electron chi connectivity index (χ1n) is 6.24. The number of nitrogens with two attached hydrogens (primary N) is 1. The molecule has 0 radical (unpaired) electrons. The monoisotopic (exact) mass is 296 g/mol. The van der Waals surface area contributed by atoms with Crippen LogP contribution in [0.25, 0.3) is 23.5 Å². The van der Waals surface area contributed by atoms with Crippen LogP contribution in [0.1, 0.15) is 10.7 Å². The summed E-state index contributed by atoms with van der Waals surface area (Å²) >= 11 is 1.62. The number of hydrogen-bond acceptors (Lipinski definition) is 6. The summed E-state index contributed by atoms with van der Waals surface area (Å²) < 4.78 is 0. The maximum Gasteiger partial charge on any atom is 0.224 e. The Balaban J connectivity index is 1.99. The maximum absolute atomic E-state index is 9.87. The third kappa shape index (κ3) is 3.06. The lowest BCUT2D eigenvalue weighted by atomic mass is 10.2. The van der Waals surface area contributed by atoms with E-state index in [1.807, 2.05) is 23.6 Å². The van der Waals surface area contributed by atoms with Gasteiger partial charge >= 0.3 is 0 Å². The topological polar surface area (TPSA) is 84.9 Å². The second kappa shape index (κ2) is 5.72. The fourth-order valence-corrected chi connectivity index (χ4v) is 2.43. The molecule has 0 saturated carbocycles. The Hall–Kier alpha value is -2.73. The predicted octanol–water partition coefficient (Wildman–Crippen LogP) is 3.06. The van der Waals surface area contributed by atoms with Gasteiger partial charge in [0, 0.05) is 4.88 Å². The van der Waals surface area contributed by atoms with Crippen LogP contribution in [-0.2, 0) is 0 Å². The number of aromatic hydroxyl groups is 1. The highest BCUT2D eigenvalue weighted by molar-refractivity contribution is 7.10. The molecular formula is C15H12N4OS. The van der Waals surface area contributed by atoms with Crippen molar-refractivity contribution in [3.05, 3.63) is 52.5 Å². The highest BCUT2D eigenvalue weighted by atomic mass is 32.1. The summed E-state index contributed by atoms with van der Waals surface area (Å²) in [6.45, 7) is 0. The number of phenols is 1. The van der Waals surface area contributed by atoms with E-state index in [1.54, 1.807) is 41.7 Å². The zero-order valence-electron chi connectivity index (χ0n) is 11.0. The highest BCUT2D eigenvalue weighted by Gasteiger charge is 2.09. The molecule has 6 heteroatoms. The third-order valence-corrected chi connectivity index (χ3v) is 3.59. The molecule has 2 aromatic heterocycles. The fraction of sp³-hybridized carbons (Fsp3) is 0. The molecule has 0 amide bonds. The molecule has 3 rings (SSSR count). The molecule has 5 nitrogen and oxygen atoms in total. The minimum atomic E-state index is 0.108. The Kier molecular flexibility index (Phi) is 3.61. The molecule has 0 spiro atoms. The van der Waals surface area contributed by atoms with Crippen LogP contribution in [0.4, 0.5) is 5.95 Å². The molecule has 0 atom stereocenters. The van der Waals surface area contributed by atoms with E-state index in [-0.39, 0.29) is 11.7 Å². The standard InChI is InChI=1S/C15H12N4OS/c16-15-18-13(8-7-10-4-3-9-21-10)17-14(19-15)11-5-1-2-6-12(11)20/h1-9,20H,(H2,16,17,18,19)/b8-7+. The summed E-state index contributed by atoms with van der Waals surface area (Å²) in [5, 5.41) is 11.9. The van der Waals surface area contributed by atoms with Crippen molar-refractivity contribution in [1.82, 2.24) is 15.0 Å². The molecule has 0 aliphatic rings. The second-order valence-corrected chi connectivity index (χ2v) is 5.22. The van der Waals surface area contributed by atoms with Gasteiger partial charge in [0.2, 0.25) is 5.95 Å². The van der Waals surface area contributed by atoms with Gasteiger partial charge in [-0.1, -0.05) is 18.2 Å². The highest BCUT2D eigenvalue weighted by Crippen LogP contribution is 2.26. The Morgan fingerprint density at radius 2 is 1.86 bits per heavy atom. The lowest BCUT2D eigenvalue weighted by Gasteiger charge is -2.04. The van der Waals surface area contributed by atoms with Crippen molar-refractivity contribution in [3.8, 4) is 17.1 Å². The number of rotatable bonds is 3. The fourth-order valence-electron chi connectivity index (χ4n) is 1.81. The number of benzene rings is 1. The molecule has 1 aromatic carbocycles. The zero-order valence-corrected chi connectivity index (χ0v) is 11.8. The van der Waals surface area contributed by atoms with Gasteiger partial charge in [0.25, 0.3) is 0 Å². The van der Waals surface area contributed by atoms with Crippen molar-refractivity contribution in [2.45, 2.75) is 0 Å². The maximum atomic E-state index is 9.87. The van der Waals surface area contributed by atoms with Crippen LogP contribution >= 0.6 is 11.3 Å². The summed E-state index contributed by atoms with van der Waals surface area (Å²) in [6.07, 6.45) is 3.68. The summed E-state index contributed by atoms with van der Waals surface area (Å²) in [6, 6.07) is 10.8. The van der Waals surface area contributed by atoms with Gasteiger partial charge in [0.1, 0.15) is 5.75 Å². The molecule has 0 fully saturated rings. The number of hydrogen-bond donors (Lipinski definition) is 2. The van der Waals surface area contributed by atoms with E-state index < -0.39 is 0 Å². The van der Waals surface area contributed by atoms with E-state index in [0.29, 0.717) is 17.2 Å². The minimum absolute atomic E-state index is 0.108. The van der Waals surface area contributed by atoms with Crippen molar-refractivity contribution in [2.75, 3.05) is 5.73 Å². The summed E-state index contributed by atoms with van der Waals surface area (Å²) in [4.78, 5) is 13.6. The van der Waals surface area contributed by atoms with E-state index in [4.69, 9.17) is 5.73 Å². The van der Waals surface area contributed by atoms with Crippen LogP contribution in [0.15, 0.2) is 41.8 Å². The van der Waals surface area contributed by atoms with Crippen LogP contribution in [0.2, 0.25) is 0 Å². The Morgan fingerprint density at radius 1 is 1.00 bits per heavy atom. The largest absolute Gasteiger partial charge is 0.507 e. The van der Waals surface area contributed by atoms with Crippen molar-refractivity contribution in [2.24, 2.45) is 0 Å². The molecule has 3 N–H and O–H groups in total. The number of anilines is 1. The third-order valence-electron chi connectivity index (χ3n) is 2.75. The van der Waals surface area contributed by atoms with E-state index in [1.165, 1.54) is 0 Å². The van der Waals surface area contributed by atoms with E-state index in [0.717, 1.165) is 4.88 Å². The molecule has 104 valence electrons. The summed E-state index contributed by atoms with van der Waals surface area (Å²) in [5.74, 6) is 1.03. The van der Waals surface area contributed by atoms with Crippen molar-refractivity contribution in [3.63, 3.8) is 0 Å². The first-order valence-corrected chi connectivity index (χ1v) is 7.12. The average molecular weight is 296 g/mol. The van der Waals surface area contributed by atoms with Gasteiger partial charge in [0.15, 0.2) is 11.6 Å². The average Bonchev–Trinajstić information content (AvgIpc) is 2.98. The number of aromatic nitrogens is 3. The molecular weight excluding hydrogens is 284 g/mol. The lowest BCUT2D eigenvalue weighted by molar-refractivity contribution is 0.477. The molecule has 0 aliphatic heterocycles. The molecule has 0 aliphatic carbocycles. The quantitative estimate of drug-likeness (QED) is 0.776. The Morgan fingerprint density at radius 3 is 2.62 bits per heavy atom. The molecule has 0 bridgehead atoms. The van der Waals surface area contributed by atoms with E-state index in [9.17, 15) is 5.11 Å². The van der Waals surface area contributed by atoms with Gasteiger partial charge in [-0.3, -0.25) is 0 Å². The van der Waals surface area contributed by atoms with Crippen LogP contribution in [0.3, 0.4) is 0 Å². The SMILES string of the molecule is Nc1nc(/C=C/c2cccs2)nc(-c2ccccc2O)n1. The van der Waals surface area contributed by atoms with Crippen LogP contribution < -0.4 is 5.73 Å². The van der Waals surface area contributed by atoms with Gasteiger partial charge in [-0.05, 0) is 35.7 Å². The second-order valence-electron chi connectivity index (χ2n) is 4.24. The van der Waals surface area contributed by atoms with Crippen LogP contribution in [-0.4, -0.2) is 20.1 Å². The number of nitrogen functional groups attached to an aromatic ring is 1. The van der Waals surface area contributed by atoms with Gasteiger partial charge in [-0.15, -0.1) is 11.3 Å². The van der Waals surface area contributed by atoms with E-state index >= 15 is 0 Å². The van der Waals surface area contributed by atoms with Crippen molar-refractivity contribution in [1.29, 1.82) is 0 Å². The molecule has 2 heterocycles. The first-order chi connectivity index (χ1) is 10.2. The molecule has 21 heavy (non-hydrogen) atoms. The van der Waals surface area contributed by atoms with Gasteiger partial charge in [0.05, 0.1) is 5.56 Å². The number of phenolic OH excluding ortho intramolecular Hbond substituents is 1. The van der Waals surface area contributed by atoms with Crippen LogP contribution in [0.5, 0.6) is 5.75 Å². The molecule has 3 aromatic rings. The number of thiophene rings is 1. The molecule has 0 unspecified atom stereocenters. The van der Waals surface area contributed by atoms with E-state index in [2.05, 4.69) is 15.0 Å². The van der Waals surface area contributed by atoms with Gasteiger partial charge < -0.3 is 10.8 Å². The Bertz CT molecular complexity index is 784. The summed E-state index contributed by atoms with van der Waals surface area (Å²) in [7, 11) is 0. The number of para-hydroxylation sites is 1. The van der Waals surface area contributed by atoms with Crippen molar-refractivity contribution < 1.29 is 5.11 Å². The van der Waals surface area contributed by atoms with Crippen LogP contribution in [0, 0.1) is 0 Å². The minimum Gasteiger partial charge on any atom is -0.507 e. The smallest absolute Gasteiger partial charge is 0.224 e. The molecule has 0 saturated heterocycles. The number of nitrogens with zero attached hydrogens (tertiary/aromatic N) is 3. The Labute approximate surface area is 125 Å². The zero-order chi connectivity index (χ0) is 14.7. The lowest BCUT2D eigenvalue weighted by Crippen LogP contribution is -2.02. The van der Waals surface area contributed by atoms with Gasteiger partial charge in [-0.2, -0.15) is 9.97 Å². The van der Waals surface area contributed by atoms with Crippen molar-refractivity contribution >= 4 is 29.4 Å². The predicted molar refractivity (Wildman–Crippen MR) is 84.6 cm³/mol.